The molecule has 1 aliphatic heterocycles. The number of rotatable bonds is 8. The first-order valence-corrected chi connectivity index (χ1v) is 12.0. The molecule has 1 fully saturated rings. The third-order valence-corrected chi connectivity index (χ3v) is 7.11. The molecule has 152 valence electrons. The van der Waals surface area contributed by atoms with Crippen LogP contribution in [0.15, 0.2) is 46.7 Å². The van der Waals surface area contributed by atoms with Crippen LogP contribution >= 0.6 is 11.3 Å². The molecule has 1 aromatic heterocycles. The maximum absolute atomic E-state index is 12.5. The molecule has 2 aromatic rings. The van der Waals surface area contributed by atoms with E-state index in [1.807, 2.05) is 17.5 Å². The second-order valence-corrected chi connectivity index (χ2v) is 9.74. The van der Waals surface area contributed by atoms with Crippen LogP contribution in [-0.4, -0.2) is 45.4 Å². The molecule has 0 radical (unpaired) electrons. The van der Waals surface area contributed by atoms with Gasteiger partial charge in [-0.05, 0) is 55.6 Å². The fourth-order valence-corrected chi connectivity index (χ4v) is 5.04. The Morgan fingerprint density at radius 2 is 1.86 bits per heavy atom. The maximum atomic E-state index is 12.5. The molecule has 8 heteroatoms. The summed E-state index contributed by atoms with van der Waals surface area (Å²) in [6.45, 7) is 3.80. The first-order chi connectivity index (χ1) is 13.5. The maximum Gasteiger partial charge on any atom is 0.251 e. The zero-order chi connectivity index (χ0) is 19.8. The quantitative estimate of drug-likeness (QED) is 0.687. The van der Waals surface area contributed by atoms with Gasteiger partial charge in [0.05, 0.1) is 4.90 Å². The second-order valence-electron chi connectivity index (χ2n) is 6.94. The Hall–Kier alpha value is -1.74. The van der Waals surface area contributed by atoms with Gasteiger partial charge in [0.1, 0.15) is 0 Å². The van der Waals surface area contributed by atoms with E-state index in [1.54, 1.807) is 12.1 Å². The molecule has 0 aliphatic carbocycles. The largest absolute Gasteiger partial charge is 0.351 e. The number of likely N-dealkylation sites (tertiary alicyclic amines) is 1. The lowest BCUT2D eigenvalue weighted by atomic mass is 10.2. The van der Waals surface area contributed by atoms with Crippen LogP contribution in [0.1, 0.15) is 40.9 Å². The Morgan fingerprint density at radius 1 is 1.07 bits per heavy atom. The lowest BCUT2D eigenvalue weighted by Gasteiger charge is -2.19. The van der Waals surface area contributed by atoms with E-state index < -0.39 is 10.0 Å². The highest BCUT2D eigenvalue weighted by molar-refractivity contribution is 7.89. The highest BCUT2D eigenvalue weighted by Gasteiger charge is 2.16. The molecular weight excluding hydrogens is 394 g/mol. The number of benzene rings is 1. The number of hydrogen-bond donors (Lipinski definition) is 2. The molecule has 28 heavy (non-hydrogen) atoms. The zero-order valence-electron chi connectivity index (χ0n) is 15.9. The summed E-state index contributed by atoms with van der Waals surface area (Å²) in [5.41, 5.74) is 0.356. The average Bonchev–Trinajstić information content (AvgIpc) is 3.09. The molecule has 0 spiro atoms. The molecular formula is C20H27N3O3S2. The van der Waals surface area contributed by atoms with E-state index in [0.29, 0.717) is 12.1 Å². The summed E-state index contributed by atoms with van der Waals surface area (Å²) in [7, 11) is -3.67. The summed E-state index contributed by atoms with van der Waals surface area (Å²) < 4.78 is 27.6. The highest BCUT2D eigenvalue weighted by Crippen LogP contribution is 2.14. The molecule has 0 bridgehead atoms. The van der Waals surface area contributed by atoms with Gasteiger partial charge in [0, 0.05) is 30.1 Å². The van der Waals surface area contributed by atoms with Crippen molar-refractivity contribution in [2.24, 2.45) is 0 Å². The van der Waals surface area contributed by atoms with E-state index in [1.165, 1.54) is 49.2 Å². The molecule has 0 atom stereocenters. The summed E-state index contributed by atoms with van der Waals surface area (Å²) in [4.78, 5) is 15.8. The number of carbonyl (C=O) groups excluding carboxylic acids is 1. The van der Waals surface area contributed by atoms with Crippen molar-refractivity contribution in [1.29, 1.82) is 0 Å². The van der Waals surface area contributed by atoms with Crippen LogP contribution in [0.3, 0.4) is 0 Å². The number of hydrogen-bond acceptors (Lipinski definition) is 5. The number of amides is 1. The Balaban J connectivity index is 1.54. The summed E-state index contributed by atoms with van der Waals surface area (Å²) in [5.74, 6) is -0.245. The van der Waals surface area contributed by atoms with E-state index in [4.69, 9.17) is 0 Å². The van der Waals surface area contributed by atoms with E-state index in [0.717, 1.165) is 24.5 Å². The summed E-state index contributed by atoms with van der Waals surface area (Å²) in [6.07, 6.45) is 4.99. The minimum Gasteiger partial charge on any atom is -0.351 e. The lowest BCUT2D eigenvalue weighted by Crippen LogP contribution is -2.35. The average molecular weight is 422 g/mol. The molecule has 0 saturated carbocycles. The van der Waals surface area contributed by atoms with E-state index in [2.05, 4.69) is 14.9 Å². The van der Waals surface area contributed by atoms with Crippen LogP contribution in [0, 0.1) is 0 Å². The van der Waals surface area contributed by atoms with Crippen LogP contribution in [-0.2, 0) is 16.6 Å². The Morgan fingerprint density at radius 3 is 2.57 bits per heavy atom. The van der Waals surface area contributed by atoms with Gasteiger partial charge in [-0.1, -0.05) is 25.0 Å². The van der Waals surface area contributed by atoms with E-state index >= 15 is 0 Å². The fraction of sp³-hybridized carbons (Fsp3) is 0.450. The lowest BCUT2D eigenvalue weighted by molar-refractivity contribution is 0.0948. The van der Waals surface area contributed by atoms with Crippen molar-refractivity contribution in [3.8, 4) is 0 Å². The zero-order valence-corrected chi connectivity index (χ0v) is 17.5. The third-order valence-electron chi connectivity index (χ3n) is 4.84. The van der Waals surface area contributed by atoms with E-state index in [9.17, 15) is 13.2 Å². The molecule has 3 rings (SSSR count). The number of sulfonamides is 1. The Kier molecular flexibility index (Phi) is 7.61. The fourth-order valence-electron chi connectivity index (χ4n) is 3.26. The predicted molar refractivity (Wildman–Crippen MR) is 112 cm³/mol. The highest BCUT2D eigenvalue weighted by atomic mass is 32.2. The molecule has 6 nitrogen and oxygen atoms in total. The normalized spacial score (nSPS) is 15.9. The molecule has 1 aromatic carbocycles. The number of nitrogens with zero attached hydrogens (tertiary/aromatic N) is 1. The third kappa shape index (κ3) is 6.13. The monoisotopic (exact) mass is 421 g/mol. The topological polar surface area (TPSA) is 78.5 Å². The van der Waals surface area contributed by atoms with Crippen molar-refractivity contribution in [2.75, 3.05) is 26.2 Å². The van der Waals surface area contributed by atoms with Crippen LogP contribution in [0.5, 0.6) is 0 Å². The van der Waals surface area contributed by atoms with Gasteiger partial charge >= 0.3 is 0 Å². The van der Waals surface area contributed by atoms with Crippen molar-refractivity contribution < 1.29 is 13.2 Å². The second kappa shape index (κ2) is 10.2. The van der Waals surface area contributed by atoms with Crippen molar-refractivity contribution >= 4 is 27.3 Å². The summed E-state index contributed by atoms with van der Waals surface area (Å²) >= 11 is 1.49. The predicted octanol–water partition coefficient (Wildman–Crippen LogP) is 2.83. The van der Waals surface area contributed by atoms with Gasteiger partial charge < -0.3 is 10.2 Å². The summed E-state index contributed by atoms with van der Waals surface area (Å²) in [5, 5.41) is 4.81. The first kappa shape index (κ1) is 21.0. The standard InChI is InChI=1S/C20H27N3O3S2/c24-20(21-10-13-23-11-3-1-2-4-12-23)17-7-5-9-19(15-17)28(25,26)22-16-18-8-6-14-27-18/h5-9,14-15,22H,1-4,10-13,16H2,(H,21,24). The van der Waals surface area contributed by atoms with Gasteiger partial charge in [0.15, 0.2) is 0 Å². The molecule has 1 saturated heterocycles. The Bertz CT molecular complexity index is 859. The molecule has 0 unspecified atom stereocenters. The number of nitrogens with one attached hydrogen (secondary N) is 2. The molecule has 1 amide bonds. The number of carbonyl (C=O) groups is 1. The molecule has 2 heterocycles. The van der Waals surface area contributed by atoms with Gasteiger partial charge in [-0.15, -0.1) is 11.3 Å². The van der Waals surface area contributed by atoms with Crippen LogP contribution in [0.2, 0.25) is 0 Å². The van der Waals surface area contributed by atoms with Gasteiger partial charge in [-0.25, -0.2) is 13.1 Å². The van der Waals surface area contributed by atoms with Crippen LogP contribution in [0.4, 0.5) is 0 Å². The van der Waals surface area contributed by atoms with Crippen LogP contribution < -0.4 is 10.0 Å². The molecule has 1 aliphatic rings. The Labute approximate surface area is 171 Å². The number of thiophene rings is 1. The van der Waals surface area contributed by atoms with E-state index in [-0.39, 0.29) is 17.3 Å². The van der Waals surface area contributed by atoms with Crippen molar-refractivity contribution in [2.45, 2.75) is 37.1 Å². The van der Waals surface area contributed by atoms with Gasteiger partial charge in [0.25, 0.3) is 5.91 Å². The van der Waals surface area contributed by atoms with Crippen LogP contribution in [0.25, 0.3) is 0 Å². The van der Waals surface area contributed by atoms with Gasteiger partial charge in [-0.3, -0.25) is 4.79 Å². The first-order valence-electron chi connectivity index (χ1n) is 9.67. The van der Waals surface area contributed by atoms with Crippen molar-refractivity contribution in [3.05, 3.63) is 52.2 Å². The van der Waals surface area contributed by atoms with Gasteiger partial charge in [0.2, 0.25) is 10.0 Å². The van der Waals surface area contributed by atoms with Crippen molar-refractivity contribution in [1.82, 2.24) is 14.9 Å². The summed E-state index contributed by atoms with van der Waals surface area (Å²) in [6, 6.07) is 9.93. The smallest absolute Gasteiger partial charge is 0.251 e. The SMILES string of the molecule is O=C(NCCN1CCCCCC1)c1cccc(S(=O)(=O)NCc2cccs2)c1. The minimum atomic E-state index is -3.67. The van der Waals surface area contributed by atoms with Gasteiger partial charge in [-0.2, -0.15) is 0 Å². The minimum absolute atomic E-state index is 0.101. The van der Waals surface area contributed by atoms with Crippen molar-refractivity contribution in [3.63, 3.8) is 0 Å². The molecule has 2 N–H and O–H groups in total.